The fourth-order valence-electron chi connectivity index (χ4n) is 2.69. The summed E-state index contributed by atoms with van der Waals surface area (Å²) in [6.07, 6.45) is 2.12. The van der Waals surface area contributed by atoms with Crippen molar-refractivity contribution in [1.82, 2.24) is 0 Å². The summed E-state index contributed by atoms with van der Waals surface area (Å²) in [6, 6.07) is 12.3. The number of hydrogen-bond donors (Lipinski definition) is 0. The van der Waals surface area contributed by atoms with Crippen LogP contribution in [-0.2, 0) is 12.8 Å². The average molecular weight is 269 g/mol. The van der Waals surface area contributed by atoms with Crippen LogP contribution in [0.2, 0.25) is 0 Å². The average Bonchev–Trinajstić information content (AvgIpc) is 2.81. The SMILES string of the molecule is CC1Cc2cccc(Oc3ccc([N+](=O)[O-])cc3)c2C1. The first-order valence-corrected chi connectivity index (χ1v) is 6.66. The van der Waals surface area contributed by atoms with Crippen molar-refractivity contribution in [2.24, 2.45) is 5.92 Å². The monoisotopic (exact) mass is 269 g/mol. The largest absolute Gasteiger partial charge is 0.457 e. The normalized spacial score (nSPS) is 16.8. The summed E-state index contributed by atoms with van der Waals surface area (Å²) in [5.41, 5.74) is 2.68. The smallest absolute Gasteiger partial charge is 0.269 e. The van der Waals surface area contributed by atoms with Crippen molar-refractivity contribution in [3.05, 3.63) is 63.7 Å². The lowest BCUT2D eigenvalue weighted by molar-refractivity contribution is -0.384. The molecular formula is C16H15NO3. The Kier molecular flexibility index (Phi) is 3.14. The summed E-state index contributed by atoms with van der Waals surface area (Å²) in [5, 5.41) is 10.6. The molecule has 0 bridgehead atoms. The number of nitro benzene ring substituents is 1. The maximum Gasteiger partial charge on any atom is 0.269 e. The molecule has 102 valence electrons. The van der Waals surface area contributed by atoms with E-state index < -0.39 is 4.92 Å². The van der Waals surface area contributed by atoms with Crippen molar-refractivity contribution in [1.29, 1.82) is 0 Å². The van der Waals surface area contributed by atoms with Gasteiger partial charge in [-0.1, -0.05) is 19.1 Å². The molecule has 0 amide bonds. The molecular weight excluding hydrogens is 254 g/mol. The molecule has 1 aliphatic carbocycles. The van der Waals surface area contributed by atoms with E-state index in [0.29, 0.717) is 11.7 Å². The molecule has 0 N–H and O–H groups in total. The summed E-state index contributed by atoms with van der Waals surface area (Å²) in [4.78, 5) is 10.2. The number of fused-ring (bicyclic) bond motifs is 1. The van der Waals surface area contributed by atoms with Gasteiger partial charge < -0.3 is 4.74 Å². The molecule has 2 aromatic rings. The molecule has 0 aliphatic heterocycles. The molecule has 20 heavy (non-hydrogen) atoms. The van der Waals surface area contributed by atoms with Gasteiger partial charge >= 0.3 is 0 Å². The molecule has 3 rings (SSSR count). The van der Waals surface area contributed by atoms with Crippen molar-refractivity contribution in [3.8, 4) is 11.5 Å². The minimum absolute atomic E-state index is 0.0734. The van der Waals surface area contributed by atoms with Crippen LogP contribution in [0.4, 0.5) is 5.69 Å². The lowest BCUT2D eigenvalue weighted by atomic mass is 10.1. The number of nitrogens with zero attached hydrogens (tertiary/aromatic N) is 1. The van der Waals surface area contributed by atoms with Gasteiger partial charge in [-0.25, -0.2) is 0 Å². The van der Waals surface area contributed by atoms with Gasteiger partial charge in [-0.3, -0.25) is 10.1 Å². The fourth-order valence-corrected chi connectivity index (χ4v) is 2.69. The Morgan fingerprint density at radius 1 is 1.15 bits per heavy atom. The summed E-state index contributed by atoms with van der Waals surface area (Å²) in [7, 11) is 0. The molecule has 4 heteroatoms. The molecule has 1 unspecified atom stereocenters. The van der Waals surface area contributed by atoms with Gasteiger partial charge in [-0.2, -0.15) is 0 Å². The molecule has 2 aromatic carbocycles. The highest BCUT2D eigenvalue weighted by atomic mass is 16.6. The first-order chi connectivity index (χ1) is 9.63. The highest BCUT2D eigenvalue weighted by molar-refractivity contribution is 5.46. The fraction of sp³-hybridized carbons (Fsp3) is 0.250. The number of nitro groups is 1. The first-order valence-electron chi connectivity index (χ1n) is 6.66. The zero-order valence-corrected chi connectivity index (χ0v) is 11.2. The lowest BCUT2D eigenvalue weighted by Gasteiger charge is -2.10. The highest BCUT2D eigenvalue weighted by Crippen LogP contribution is 2.36. The van der Waals surface area contributed by atoms with Crippen molar-refractivity contribution >= 4 is 5.69 Å². The van der Waals surface area contributed by atoms with E-state index in [1.54, 1.807) is 12.1 Å². The standard InChI is InChI=1S/C16H15NO3/c1-11-9-12-3-2-4-16(15(12)10-11)20-14-7-5-13(6-8-14)17(18)19/h2-8,11H,9-10H2,1H3. The Labute approximate surface area is 117 Å². The number of non-ortho nitro benzene ring substituents is 1. The number of ether oxygens (including phenoxy) is 1. The van der Waals surface area contributed by atoms with Crippen LogP contribution in [0, 0.1) is 16.0 Å². The second-order valence-electron chi connectivity index (χ2n) is 5.26. The van der Waals surface area contributed by atoms with Gasteiger partial charge in [0.05, 0.1) is 4.92 Å². The van der Waals surface area contributed by atoms with E-state index in [1.165, 1.54) is 23.3 Å². The Morgan fingerprint density at radius 2 is 1.90 bits per heavy atom. The number of rotatable bonds is 3. The van der Waals surface area contributed by atoms with E-state index >= 15 is 0 Å². The van der Waals surface area contributed by atoms with E-state index in [4.69, 9.17) is 4.74 Å². The van der Waals surface area contributed by atoms with Crippen molar-refractivity contribution < 1.29 is 9.66 Å². The Bertz CT molecular complexity index is 649. The summed E-state index contributed by atoms with van der Waals surface area (Å²) in [6.45, 7) is 2.23. The van der Waals surface area contributed by atoms with Crippen LogP contribution in [0.1, 0.15) is 18.1 Å². The molecule has 0 spiro atoms. The molecule has 0 heterocycles. The van der Waals surface area contributed by atoms with Crippen LogP contribution in [0.25, 0.3) is 0 Å². The third-order valence-corrected chi connectivity index (χ3v) is 3.63. The first kappa shape index (κ1) is 12.7. The zero-order valence-electron chi connectivity index (χ0n) is 11.2. The Hall–Kier alpha value is -2.36. The van der Waals surface area contributed by atoms with Crippen molar-refractivity contribution in [2.75, 3.05) is 0 Å². The zero-order chi connectivity index (χ0) is 14.1. The van der Waals surface area contributed by atoms with Gasteiger partial charge in [0.2, 0.25) is 0 Å². The predicted molar refractivity (Wildman–Crippen MR) is 76.2 cm³/mol. The van der Waals surface area contributed by atoms with Gasteiger partial charge in [-0.15, -0.1) is 0 Å². The van der Waals surface area contributed by atoms with E-state index in [0.717, 1.165) is 18.6 Å². The van der Waals surface area contributed by atoms with Crippen LogP contribution < -0.4 is 4.74 Å². The minimum atomic E-state index is -0.411. The second-order valence-corrected chi connectivity index (χ2v) is 5.26. The predicted octanol–water partition coefficient (Wildman–Crippen LogP) is 4.12. The third-order valence-electron chi connectivity index (χ3n) is 3.63. The summed E-state index contributed by atoms with van der Waals surface area (Å²) in [5.74, 6) is 2.14. The van der Waals surface area contributed by atoms with Crippen LogP contribution in [0.5, 0.6) is 11.5 Å². The molecule has 0 saturated heterocycles. The minimum Gasteiger partial charge on any atom is -0.457 e. The Morgan fingerprint density at radius 3 is 2.60 bits per heavy atom. The molecule has 0 fully saturated rings. The van der Waals surface area contributed by atoms with E-state index in [-0.39, 0.29) is 5.69 Å². The van der Waals surface area contributed by atoms with E-state index in [9.17, 15) is 10.1 Å². The molecule has 1 atom stereocenters. The quantitative estimate of drug-likeness (QED) is 0.622. The van der Waals surface area contributed by atoms with Gasteiger partial charge in [0.25, 0.3) is 5.69 Å². The lowest BCUT2D eigenvalue weighted by Crippen LogP contribution is -1.93. The number of benzene rings is 2. The van der Waals surface area contributed by atoms with E-state index in [1.807, 2.05) is 12.1 Å². The van der Waals surface area contributed by atoms with Crippen molar-refractivity contribution in [3.63, 3.8) is 0 Å². The maximum atomic E-state index is 10.6. The third kappa shape index (κ3) is 2.37. The maximum absolute atomic E-state index is 10.6. The second kappa shape index (κ2) is 4.96. The number of hydrogen-bond acceptors (Lipinski definition) is 3. The van der Waals surface area contributed by atoms with Gasteiger partial charge in [0, 0.05) is 12.1 Å². The summed E-state index contributed by atoms with van der Waals surface area (Å²) < 4.78 is 5.88. The molecule has 1 aliphatic rings. The van der Waals surface area contributed by atoms with Gasteiger partial charge in [0.1, 0.15) is 11.5 Å². The molecule has 4 nitrogen and oxygen atoms in total. The van der Waals surface area contributed by atoms with Gasteiger partial charge in [0.15, 0.2) is 0 Å². The van der Waals surface area contributed by atoms with Crippen LogP contribution in [0.3, 0.4) is 0 Å². The molecule has 0 radical (unpaired) electrons. The topological polar surface area (TPSA) is 52.4 Å². The van der Waals surface area contributed by atoms with Crippen LogP contribution in [-0.4, -0.2) is 4.92 Å². The summed E-state index contributed by atoms with van der Waals surface area (Å²) >= 11 is 0. The van der Waals surface area contributed by atoms with Crippen LogP contribution in [0.15, 0.2) is 42.5 Å². The van der Waals surface area contributed by atoms with Crippen molar-refractivity contribution in [2.45, 2.75) is 19.8 Å². The van der Waals surface area contributed by atoms with Crippen LogP contribution >= 0.6 is 0 Å². The van der Waals surface area contributed by atoms with E-state index in [2.05, 4.69) is 13.0 Å². The van der Waals surface area contributed by atoms with Gasteiger partial charge in [-0.05, 0) is 48.1 Å². The Balaban J connectivity index is 1.85. The highest BCUT2D eigenvalue weighted by Gasteiger charge is 2.21. The molecule has 0 saturated carbocycles. The molecule has 0 aromatic heterocycles.